The zero-order valence-corrected chi connectivity index (χ0v) is 15.6. The summed E-state index contributed by atoms with van der Waals surface area (Å²) in [4.78, 5) is 0. The van der Waals surface area contributed by atoms with Crippen LogP contribution in [0.5, 0.6) is 11.5 Å². The lowest BCUT2D eigenvalue weighted by atomic mass is 10.2. The lowest BCUT2D eigenvalue weighted by Gasteiger charge is -2.15. The predicted molar refractivity (Wildman–Crippen MR) is 100 cm³/mol. The summed E-state index contributed by atoms with van der Waals surface area (Å²) in [5.41, 5.74) is 2.05. The van der Waals surface area contributed by atoms with Gasteiger partial charge in [0.2, 0.25) is 0 Å². The van der Waals surface area contributed by atoms with Gasteiger partial charge in [-0.25, -0.2) is 0 Å². The Bertz CT molecular complexity index is 662. The monoisotopic (exact) mass is 367 g/mol. The molecule has 130 valence electrons. The molecule has 0 saturated carbocycles. The summed E-state index contributed by atoms with van der Waals surface area (Å²) >= 11 is 12.4. The van der Waals surface area contributed by atoms with Crippen molar-refractivity contribution in [1.82, 2.24) is 5.32 Å². The molecule has 24 heavy (non-hydrogen) atoms. The van der Waals surface area contributed by atoms with Gasteiger partial charge in [-0.1, -0.05) is 48.7 Å². The Morgan fingerprint density at radius 1 is 1.08 bits per heavy atom. The van der Waals surface area contributed by atoms with Crippen molar-refractivity contribution in [2.75, 3.05) is 13.7 Å². The molecule has 0 saturated heterocycles. The second-order valence-electron chi connectivity index (χ2n) is 5.56. The summed E-state index contributed by atoms with van der Waals surface area (Å²) in [6.07, 6.45) is 2.33. The van der Waals surface area contributed by atoms with Gasteiger partial charge in [0.05, 0.1) is 12.1 Å². The molecule has 0 radical (unpaired) electrons. The number of ether oxygens (including phenoxy) is 2. The van der Waals surface area contributed by atoms with Crippen molar-refractivity contribution in [3.8, 4) is 11.5 Å². The number of halogens is 2. The van der Waals surface area contributed by atoms with Crippen molar-refractivity contribution in [2.45, 2.75) is 32.9 Å². The minimum absolute atomic E-state index is 0.380. The van der Waals surface area contributed by atoms with Gasteiger partial charge in [0, 0.05) is 11.6 Å². The van der Waals surface area contributed by atoms with E-state index in [1.165, 1.54) is 6.42 Å². The van der Waals surface area contributed by atoms with Crippen molar-refractivity contribution in [3.05, 3.63) is 57.6 Å². The topological polar surface area (TPSA) is 30.5 Å². The maximum absolute atomic E-state index is 6.39. The highest BCUT2D eigenvalue weighted by molar-refractivity contribution is 6.32. The Kier molecular flexibility index (Phi) is 7.70. The van der Waals surface area contributed by atoms with Crippen molar-refractivity contribution in [1.29, 1.82) is 0 Å². The zero-order valence-electron chi connectivity index (χ0n) is 14.1. The molecule has 0 aliphatic rings. The summed E-state index contributed by atoms with van der Waals surface area (Å²) in [7, 11) is 1.62. The molecule has 0 spiro atoms. The minimum atomic E-state index is 0.380. The van der Waals surface area contributed by atoms with Gasteiger partial charge in [0.25, 0.3) is 0 Å². The molecule has 0 aromatic heterocycles. The normalized spacial score (nSPS) is 10.7. The first-order valence-corrected chi connectivity index (χ1v) is 8.84. The fourth-order valence-electron chi connectivity index (χ4n) is 2.33. The van der Waals surface area contributed by atoms with Crippen LogP contribution >= 0.6 is 23.2 Å². The van der Waals surface area contributed by atoms with Gasteiger partial charge in [-0.2, -0.15) is 0 Å². The van der Waals surface area contributed by atoms with E-state index < -0.39 is 0 Å². The Morgan fingerprint density at radius 3 is 2.62 bits per heavy atom. The van der Waals surface area contributed by atoms with Gasteiger partial charge in [-0.15, -0.1) is 0 Å². The molecule has 3 nitrogen and oxygen atoms in total. The van der Waals surface area contributed by atoms with Gasteiger partial charge in [0.15, 0.2) is 11.5 Å². The first kappa shape index (κ1) is 18.9. The molecule has 0 heterocycles. The van der Waals surface area contributed by atoms with Gasteiger partial charge in [-0.05, 0) is 48.4 Å². The van der Waals surface area contributed by atoms with E-state index in [0.717, 1.165) is 30.6 Å². The highest BCUT2D eigenvalue weighted by atomic mass is 35.5. The predicted octanol–water partition coefficient (Wildman–Crippen LogP) is 5.47. The van der Waals surface area contributed by atoms with E-state index in [1.807, 2.05) is 36.4 Å². The van der Waals surface area contributed by atoms with E-state index in [9.17, 15) is 0 Å². The third kappa shape index (κ3) is 5.59. The molecule has 2 aromatic carbocycles. The third-order valence-corrected chi connectivity index (χ3v) is 4.11. The highest BCUT2D eigenvalue weighted by Crippen LogP contribution is 2.37. The Balaban J connectivity index is 2.06. The zero-order chi connectivity index (χ0) is 17.4. The van der Waals surface area contributed by atoms with Crippen molar-refractivity contribution in [3.63, 3.8) is 0 Å². The molecule has 2 aromatic rings. The number of methoxy groups -OCH3 is 1. The first-order chi connectivity index (χ1) is 11.6. The number of benzene rings is 2. The highest BCUT2D eigenvalue weighted by Gasteiger charge is 2.12. The Labute approximate surface area is 153 Å². The average Bonchev–Trinajstić information content (AvgIpc) is 2.57. The van der Waals surface area contributed by atoms with Crippen LogP contribution in [0.15, 0.2) is 36.4 Å². The number of rotatable bonds is 9. The lowest BCUT2D eigenvalue weighted by molar-refractivity contribution is 0.284. The molecule has 0 aliphatic carbocycles. The third-order valence-electron chi connectivity index (χ3n) is 3.60. The molecule has 0 unspecified atom stereocenters. The summed E-state index contributed by atoms with van der Waals surface area (Å²) in [6, 6.07) is 11.4. The van der Waals surface area contributed by atoms with E-state index in [0.29, 0.717) is 28.2 Å². The summed E-state index contributed by atoms with van der Waals surface area (Å²) in [5.74, 6) is 1.19. The molecule has 0 fully saturated rings. The fourth-order valence-corrected chi connectivity index (χ4v) is 2.83. The average molecular weight is 368 g/mol. The molecule has 0 bridgehead atoms. The quantitative estimate of drug-likeness (QED) is 0.596. The van der Waals surface area contributed by atoms with Crippen LogP contribution in [-0.2, 0) is 13.2 Å². The van der Waals surface area contributed by atoms with Gasteiger partial charge in [0.1, 0.15) is 6.61 Å². The number of hydrogen-bond acceptors (Lipinski definition) is 3. The molecular formula is C19H23Cl2NO2. The number of nitrogens with one attached hydrogen (secondary N) is 1. The van der Waals surface area contributed by atoms with E-state index in [4.69, 9.17) is 32.7 Å². The van der Waals surface area contributed by atoms with Crippen LogP contribution in [0.3, 0.4) is 0 Å². The van der Waals surface area contributed by atoms with Crippen LogP contribution in [0.2, 0.25) is 10.0 Å². The van der Waals surface area contributed by atoms with Crippen molar-refractivity contribution < 1.29 is 9.47 Å². The largest absolute Gasteiger partial charge is 0.493 e. The second-order valence-corrected chi connectivity index (χ2v) is 6.40. The van der Waals surface area contributed by atoms with Crippen LogP contribution in [0.1, 0.15) is 30.9 Å². The van der Waals surface area contributed by atoms with E-state index in [1.54, 1.807) is 7.11 Å². The molecular weight excluding hydrogens is 345 g/mol. The van der Waals surface area contributed by atoms with Crippen LogP contribution in [0, 0.1) is 0 Å². The smallest absolute Gasteiger partial charge is 0.180 e. The van der Waals surface area contributed by atoms with Gasteiger partial charge < -0.3 is 14.8 Å². The molecule has 5 heteroatoms. The lowest BCUT2D eigenvalue weighted by Crippen LogP contribution is -2.14. The SMILES string of the molecule is CCCCNCc1cc(Cl)c(OCc2cccc(Cl)c2)c(OC)c1. The minimum Gasteiger partial charge on any atom is -0.493 e. The standard InChI is InChI=1S/C19H23Cl2NO2/c1-3-4-8-22-12-15-10-17(21)19(18(11-15)23-2)24-13-14-6-5-7-16(20)9-14/h5-7,9-11,22H,3-4,8,12-13H2,1-2H3. The molecule has 1 N–H and O–H groups in total. The summed E-state index contributed by atoms with van der Waals surface area (Å²) in [6.45, 7) is 4.30. The molecule has 0 amide bonds. The molecule has 0 atom stereocenters. The first-order valence-electron chi connectivity index (χ1n) is 8.08. The summed E-state index contributed by atoms with van der Waals surface area (Å²) < 4.78 is 11.3. The Morgan fingerprint density at radius 2 is 1.92 bits per heavy atom. The maximum Gasteiger partial charge on any atom is 0.180 e. The maximum atomic E-state index is 6.39. The fraction of sp³-hybridized carbons (Fsp3) is 0.368. The van der Waals surface area contributed by atoms with Gasteiger partial charge >= 0.3 is 0 Å². The van der Waals surface area contributed by atoms with Crippen LogP contribution < -0.4 is 14.8 Å². The van der Waals surface area contributed by atoms with E-state index >= 15 is 0 Å². The van der Waals surface area contributed by atoms with E-state index in [2.05, 4.69) is 12.2 Å². The van der Waals surface area contributed by atoms with Crippen molar-refractivity contribution >= 4 is 23.2 Å². The second kappa shape index (κ2) is 9.77. The van der Waals surface area contributed by atoms with Crippen LogP contribution in [0.25, 0.3) is 0 Å². The van der Waals surface area contributed by atoms with E-state index in [-0.39, 0.29) is 0 Å². The number of unbranched alkanes of at least 4 members (excludes halogenated alkanes) is 1. The van der Waals surface area contributed by atoms with Crippen LogP contribution in [-0.4, -0.2) is 13.7 Å². The summed E-state index contributed by atoms with van der Waals surface area (Å²) in [5, 5.41) is 4.62. The molecule has 2 rings (SSSR count). The van der Waals surface area contributed by atoms with Crippen LogP contribution in [0.4, 0.5) is 0 Å². The number of hydrogen-bond donors (Lipinski definition) is 1. The Hall–Kier alpha value is -1.42. The van der Waals surface area contributed by atoms with Crippen molar-refractivity contribution in [2.24, 2.45) is 0 Å². The molecule has 0 aliphatic heterocycles. The van der Waals surface area contributed by atoms with Gasteiger partial charge in [-0.3, -0.25) is 0 Å².